The van der Waals surface area contributed by atoms with E-state index in [1.54, 1.807) is 47.7 Å². The Bertz CT molecular complexity index is 1800. The molecular formula is C31H41N9O3S. The molecule has 0 spiro atoms. The Balaban J connectivity index is 1.42. The topological polar surface area (TPSA) is 122 Å². The minimum absolute atomic E-state index is 0.248. The van der Waals surface area contributed by atoms with E-state index in [0.717, 1.165) is 38.0 Å². The fourth-order valence-electron chi connectivity index (χ4n) is 6.05. The van der Waals surface area contributed by atoms with Crippen LogP contribution in [0.2, 0.25) is 0 Å². The third-order valence-electron chi connectivity index (χ3n) is 8.16. The highest BCUT2D eigenvalue weighted by molar-refractivity contribution is 8.02. The van der Waals surface area contributed by atoms with Crippen LogP contribution in [0.1, 0.15) is 17.5 Å². The van der Waals surface area contributed by atoms with Crippen LogP contribution in [-0.4, -0.2) is 92.4 Å². The Labute approximate surface area is 258 Å². The summed E-state index contributed by atoms with van der Waals surface area (Å²) in [5, 5.41) is 3.80. The molecule has 1 saturated heterocycles. The number of nitrogens with zero attached hydrogens (tertiary/aromatic N) is 7. The van der Waals surface area contributed by atoms with Crippen LogP contribution in [0.15, 0.2) is 54.0 Å². The number of thiol groups is 1. The Kier molecular flexibility index (Phi) is 8.27. The fourth-order valence-corrected chi connectivity index (χ4v) is 6.73. The van der Waals surface area contributed by atoms with Crippen molar-refractivity contribution in [2.75, 3.05) is 67.8 Å². The van der Waals surface area contributed by atoms with Crippen LogP contribution in [-0.2, 0) is 34.2 Å². The number of likely N-dealkylation sites (N-methyl/N-ethyl adjacent to an activating group) is 1. The van der Waals surface area contributed by atoms with Crippen molar-refractivity contribution >= 4 is 44.3 Å². The number of ether oxygens (including phenoxy) is 1. The number of fused-ring (bicyclic) bond motifs is 2. The molecule has 1 aliphatic heterocycles. The molecular weight excluding hydrogens is 578 g/mol. The van der Waals surface area contributed by atoms with Gasteiger partial charge in [-0.15, -0.1) is 6.58 Å². The van der Waals surface area contributed by atoms with Crippen LogP contribution in [0.25, 0.3) is 16.9 Å². The van der Waals surface area contributed by atoms with Crippen LogP contribution in [0.4, 0.5) is 23.1 Å². The maximum absolute atomic E-state index is 13.4. The van der Waals surface area contributed by atoms with Gasteiger partial charge in [-0.3, -0.25) is 9.00 Å². The predicted molar refractivity (Wildman–Crippen MR) is 178 cm³/mol. The van der Waals surface area contributed by atoms with Gasteiger partial charge in [0.15, 0.2) is 11.5 Å². The quantitative estimate of drug-likeness (QED) is 0.192. The molecule has 0 radical (unpaired) electrons. The van der Waals surface area contributed by atoms with E-state index in [1.165, 1.54) is 21.5 Å². The van der Waals surface area contributed by atoms with Crippen molar-refractivity contribution < 1.29 is 8.95 Å². The van der Waals surface area contributed by atoms with E-state index < -0.39 is 10.1 Å². The lowest BCUT2D eigenvalue weighted by atomic mass is 9.85. The minimum Gasteiger partial charge on any atom is -0.378 e. The number of allylic oxidation sites excluding steroid dienone is 1. The summed E-state index contributed by atoms with van der Waals surface area (Å²) in [7, 11) is 1.71. The highest BCUT2D eigenvalue weighted by Gasteiger charge is 2.26. The molecule has 12 nitrogen and oxygen atoms in total. The summed E-state index contributed by atoms with van der Waals surface area (Å²) < 4.78 is 24.2. The number of rotatable bonds is 9. The predicted octanol–water partition coefficient (Wildman–Crippen LogP) is 2.77. The average molecular weight is 620 g/mol. The van der Waals surface area contributed by atoms with Gasteiger partial charge in [-0.05, 0) is 78.9 Å². The van der Waals surface area contributed by atoms with Crippen molar-refractivity contribution in [3.8, 4) is 5.82 Å². The molecule has 0 saturated carbocycles. The lowest BCUT2D eigenvalue weighted by molar-refractivity contribution is 0.122. The Morgan fingerprint density at radius 2 is 1.98 bits per heavy atom. The Hall–Kier alpha value is -4.07. The van der Waals surface area contributed by atoms with E-state index in [-0.39, 0.29) is 12.1 Å². The number of aryl methyl sites for hydroxylation is 1. The second-order valence-corrected chi connectivity index (χ2v) is 14.9. The number of pyridine rings is 1. The zero-order valence-corrected chi connectivity index (χ0v) is 26.7. The van der Waals surface area contributed by atoms with Gasteiger partial charge in [-0.2, -0.15) is 4.98 Å². The van der Waals surface area contributed by atoms with E-state index in [4.69, 9.17) is 9.72 Å². The molecule has 44 heavy (non-hydrogen) atoms. The van der Waals surface area contributed by atoms with Crippen molar-refractivity contribution in [2.45, 2.75) is 31.8 Å². The largest absolute Gasteiger partial charge is 0.378 e. The maximum Gasteiger partial charge on any atom is 0.278 e. The van der Waals surface area contributed by atoms with Gasteiger partial charge in [0.2, 0.25) is 5.95 Å². The first-order chi connectivity index (χ1) is 21.1. The van der Waals surface area contributed by atoms with Gasteiger partial charge in [0.05, 0.1) is 19.8 Å². The zero-order chi connectivity index (χ0) is 31.0. The molecule has 3 aromatic heterocycles. The number of hydrogen-bond acceptors (Lipinski definition) is 9. The molecule has 1 aromatic carbocycles. The first-order valence-corrected chi connectivity index (χ1v) is 17.5. The summed E-state index contributed by atoms with van der Waals surface area (Å²) in [5.41, 5.74) is 5.03. The first-order valence-electron chi connectivity index (χ1n) is 14.9. The number of benzene rings is 1. The number of aromatic nitrogens is 5. The molecule has 1 atom stereocenters. The van der Waals surface area contributed by atoms with E-state index in [0.29, 0.717) is 47.9 Å². The molecule has 13 heteroatoms. The van der Waals surface area contributed by atoms with Crippen molar-refractivity contribution in [3.05, 3.63) is 70.7 Å². The van der Waals surface area contributed by atoms with Crippen molar-refractivity contribution in [3.63, 3.8) is 0 Å². The van der Waals surface area contributed by atoms with Crippen LogP contribution in [0.5, 0.6) is 0 Å². The monoisotopic (exact) mass is 619 g/mol. The lowest BCUT2D eigenvalue weighted by Gasteiger charge is -2.36. The Morgan fingerprint density at radius 3 is 2.70 bits per heavy atom. The first kappa shape index (κ1) is 30.0. The summed E-state index contributed by atoms with van der Waals surface area (Å²) in [5.74, 6) is 1.28. The van der Waals surface area contributed by atoms with Crippen molar-refractivity contribution in [2.24, 2.45) is 0 Å². The van der Waals surface area contributed by atoms with Crippen LogP contribution < -0.4 is 20.5 Å². The van der Waals surface area contributed by atoms with Gasteiger partial charge in [-0.25, -0.2) is 19.3 Å². The summed E-state index contributed by atoms with van der Waals surface area (Å²) in [4.78, 5) is 32.2. The molecule has 234 valence electrons. The molecule has 1 aliphatic carbocycles. The van der Waals surface area contributed by atoms with Crippen molar-refractivity contribution in [1.29, 1.82) is 0 Å². The van der Waals surface area contributed by atoms with Gasteiger partial charge in [0.25, 0.3) is 5.56 Å². The van der Waals surface area contributed by atoms with E-state index >= 15 is 0 Å². The van der Waals surface area contributed by atoms with Gasteiger partial charge in [0.1, 0.15) is 11.2 Å². The van der Waals surface area contributed by atoms with Crippen molar-refractivity contribution in [1.82, 2.24) is 29.2 Å². The summed E-state index contributed by atoms with van der Waals surface area (Å²) in [6, 6.07) is 10.2. The second-order valence-electron chi connectivity index (χ2n) is 12.0. The average Bonchev–Trinajstić information content (AvgIpc) is 3.26. The molecule has 1 unspecified atom stereocenters. The molecule has 0 bridgehead atoms. The van der Waals surface area contributed by atoms with Gasteiger partial charge in [0, 0.05) is 49.2 Å². The third-order valence-corrected chi connectivity index (χ3v) is 8.92. The SMILES string of the molecule is C=CCn1c(=O)c2cnc(Nc3cc4c(c(N5CCOCC5)c3)CC(N(C)C)CC4)nc2n1-c1cccc(N[SH](C)(C)=O)n1. The van der Waals surface area contributed by atoms with Crippen LogP contribution in [0, 0.1) is 0 Å². The van der Waals surface area contributed by atoms with E-state index in [2.05, 4.69) is 62.6 Å². The molecule has 4 heterocycles. The molecule has 2 N–H and O–H groups in total. The second kappa shape index (κ2) is 12.1. The normalized spacial score (nSPS) is 17.5. The van der Waals surface area contributed by atoms with E-state index in [9.17, 15) is 9.00 Å². The maximum atomic E-state index is 13.4. The summed E-state index contributed by atoms with van der Waals surface area (Å²) in [6.45, 7) is 7.20. The number of morpholine rings is 1. The summed E-state index contributed by atoms with van der Waals surface area (Å²) in [6.07, 6.45) is 9.58. The standard InChI is InChI=1S/C31H41N9O3S/c1-6-12-39-30(41)25-20-32-31(35-29(25)40(39)28-9-7-8-27(34-28)36-44(4,5)42)33-22-17-21-10-11-23(37(2)3)19-24(21)26(18-22)38-13-15-43-16-14-38/h6-9,17-18,20,23,44H,1,10-16,19H2,2-5H3,(H,32,33,35)(H,34,36,42). The van der Waals surface area contributed by atoms with E-state index in [1.807, 2.05) is 0 Å². The number of hydrogen-bond donors (Lipinski definition) is 3. The minimum atomic E-state index is -2.60. The zero-order valence-electron chi connectivity index (χ0n) is 25.8. The number of anilines is 4. The number of nitrogens with one attached hydrogen (secondary N) is 2. The van der Waals surface area contributed by atoms with Gasteiger partial charge < -0.3 is 24.6 Å². The van der Waals surface area contributed by atoms with Crippen LogP contribution >= 0.6 is 0 Å². The molecule has 4 aromatic rings. The van der Waals surface area contributed by atoms with Gasteiger partial charge in [-0.1, -0.05) is 12.1 Å². The highest BCUT2D eigenvalue weighted by Crippen LogP contribution is 2.36. The summed E-state index contributed by atoms with van der Waals surface area (Å²) >= 11 is 0. The highest BCUT2D eigenvalue weighted by atomic mass is 32.3. The lowest BCUT2D eigenvalue weighted by Crippen LogP contribution is -2.39. The van der Waals surface area contributed by atoms with Crippen LogP contribution in [0.3, 0.4) is 0 Å². The fraction of sp³-hybridized carbons (Fsp3) is 0.419. The molecule has 0 amide bonds. The smallest absolute Gasteiger partial charge is 0.278 e. The van der Waals surface area contributed by atoms with Gasteiger partial charge >= 0.3 is 0 Å². The molecule has 1 fully saturated rings. The molecule has 6 rings (SSSR count). The molecule has 2 aliphatic rings. The third kappa shape index (κ3) is 6.12. The Morgan fingerprint density at radius 1 is 1.18 bits per heavy atom.